The summed E-state index contributed by atoms with van der Waals surface area (Å²) in [4.78, 5) is 0.213. The number of rotatable bonds is 2. The van der Waals surface area contributed by atoms with Gasteiger partial charge >= 0.3 is 34.5 Å². The first-order chi connectivity index (χ1) is 5.73. The molecule has 0 fully saturated rings. The van der Waals surface area contributed by atoms with Gasteiger partial charge in [0.05, 0.1) is 4.75 Å². The van der Waals surface area contributed by atoms with Crippen LogP contribution in [0.25, 0.3) is 0 Å². The third-order valence-corrected chi connectivity index (χ3v) is 4.04. The summed E-state index contributed by atoms with van der Waals surface area (Å²) in [6.45, 7) is 11.9. The van der Waals surface area contributed by atoms with Crippen molar-refractivity contribution < 1.29 is 23.2 Å². The molecular weight excluding hydrogens is 352 g/mol. The first-order valence-electron chi connectivity index (χ1n) is 3.72. The zero-order valence-electron chi connectivity index (χ0n) is 8.43. The van der Waals surface area contributed by atoms with Crippen molar-refractivity contribution in [2.24, 2.45) is 0 Å². The Morgan fingerprint density at radius 3 is 1.85 bits per heavy atom. The van der Waals surface area contributed by atoms with Crippen LogP contribution in [0.4, 0.5) is 0 Å². The van der Waals surface area contributed by atoms with Gasteiger partial charge in [-0.15, -0.1) is 6.42 Å². The molecule has 0 unspecified atom stereocenters. The molecule has 0 atom stereocenters. The molecule has 74 valence electrons. The van der Waals surface area contributed by atoms with E-state index in [1.165, 1.54) is 14.8 Å². The molecule has 0 spiro atoms. The Labute approximate surface area is 102 Å². The molecule has 0 aliphatic heterocycles. The van der Waals surface area contributed by atoms with Crippen molar-refractivity contribution >= 4 is 29.6 Å². The SMILES string of the molecule is C=C(C[CH2-])S(=O)(=O)C(C)(C)C.[Zn+][I]. The first kappa shape index (κ1) is 16.5. The topological polar surface area (TPSA) is 34.1 Å². The van der Waals surface area contributed by atoms with Gasteiger partial charge in [-0.25, -0.2) is 8.42 Å². The molecule has 0 aliphatic carbocycles. The third-order valence-electron chi connectivity index (χ3n) is 1.47. The van der Waals surface area contributed by atoms with Crippen molar-refractivity contribution in [3.05, 3.63) is 18.4 Å². The van der Waals surface area contributed by atoms with Crippen LogP contribution < -0.4 is 0 Å². The van der Waals surface area contributed by atoms with E-state index < -0.39 is 14.6 Å². The molecule has 0 saturated carbocycles. The molecule has 0 aromatic carbocycles. The summed E-state index contributed by atoms with van der Waals surface area (Å²) >= 11 is 3.62. The Bertz CT molecular complexity index is 252. The molecule has 5 heteroatoms. The van der Waals surface area contributed by atoms with Crippen LogP contribution in [-0.4, -0.2) is 13.2 Å². The standard InChI is InChI=1S/C8H15O2S.HI.Zn/c1-6-7(2)11(9,10)8(3,4)5;;/h1-2,6H2,3-5H3;1H;/q-1;;+2/p-1. The summed E-state index contributed by atoms with van der Waals surface area (Å²) in [6.07, 6.45) is 0.250. The van der Waals surface area contributed by atoms with Crippen LogP contribution >= 0.6 is 19.8 Å². The van der Waals surface area contributed by atoms with E-state index in [0.717, 1.165) is 0 Å². The maximum absolute atomic E-state index is 11.4. The molecule has 0 bridgehead atoms. The summed E-state index contributed by atoms with van der Waals surface area (Å²) in [5.41, 5.74) is 0. The van der Waals surface area contributed by atoms with Crippen LogP contribution in [0.2, 0.25) is 0 Å². The van der Waals surface area contributed by atoms with Gasteiger partial charge in [0.2, 0.25) is 0 Å². The molecule has 0 rings (SSSR count). The summed E-state index contributed by atoms with van der Waals surface area (Å²) in [6, 6.07) is 0. The predicted molar refractivity (Wildman–Crippen MR) is 61.8 cm³/mol. The minimum atomic E-state index is -3.18. The zero-order chi connectivity index (χ0) is 11.3. The summed E-state index contributed by atoms with van der Waals surface area (Å²) < 4.78 is 22.1. The predicted octanol–water partition coefficient (Wildman–Crippen LogP) is 2.82. The van der Waals surface area contributed by atoms with Gasteiger partial charge in [0.15, 0.2) is 9.84 Å². The van der Waals surface area contributed by atoms with Crippen LogP contribution in [0, 0.1) is 6.92 Å². The monoisotopic (exact) mass is 366 g/mol. The molecule has 0 amide bonds. The van der Waals surface area contributed by atoms with Crippen molar-refractivity contribution in [3.63, 3.8) is 0 Å². The van der Waals surface area contributed by atoms with Gasteiger partial charge in [-0.3, -0.25) is 0 Å². The van der Waals surface area contributed by atoms with Crippen LogP contribution in [0.15, 0.2) is 11.5 Å². The van der Waals surface area contributed by atoms with E-state index in [-0.39, 0.29) is 11.3 Å². The fourth-order valence-electron chi connectivity index (χ4n) is 0.567. The molecule has 0 N–H and O–H groups in total. The Hall–Kier alpha value is 1.04. The van der Waals surface area contributed by atoms with E-state index in [1.54, 1.807) is 20.8 Å². The van der Waals surface area contributed by atoms with Crippen LogP contribution in [0.3, 0.4) is 0 Å². The van der Waals surface area contributed by atoms with Crippen LogP contribution in [0.1, 0.15) is 27.2 Å². The normalized spacial score (nSPS) is 11.6. The van der Waals surface area contributed by atoms with Gasteiger partial charge in [0.1, 0.15) is 0 Å². The average Bonchev–Trinajstić information content (AvgIpc) is 2.04. The van der Waals surface area contributed by atoms with Gasteiger partial charge in [-0.1, -0.05) is 6.58 Å². The number of hydrogen-bond donors (Lipinski definition) is 0. The van der Waals surface area contributed by atoms with Gasteiger partial charge in [-0.2, -0.15) is 0 Å². The average molecular weight is 368 g/mol. The fraction of sp³-hybridized carbons (Fsp3) is 0.625. The Balaban J connectivity index is 0. The quantitative estimate of drug-likeness (QED) is 0.427. The summed E-state index contributed by atoms with van der Waals surface area (Å²) in [7, 11) is -3.18. The second kappa shape index (κ2) is 6.51. The Kier molecular flexibility index (Phi) is 8.25. The Morgan fingerprint density at radius 1 is 1.46 bits per heavy atom. The van der Waals surface area contributed by atoms with Crippen molar-refractivity contribution in [1.29, 1.82) is 0 Å². The van der Waals surface area contributed by atoms with Gasteiger partial charge in [0.25, 0.3) is 0 Å². The summed E-state index contributed by atoms with van der Waals surface area (Å²) in [5.74, 6) is 0. The van der Waals surface area contributed by atoms with Crippen molar-refractivity contribution in [2.45, 2.75) is 31.9 Å². The zero-order valence-corrected chi connectivity index (χ0v) is 14.4. The molecule has 0 saturated heterocycles. The molecule has 0 aliphatic rings. The van der Waals surface area contributed by atoms with Crippen molar-refractivity contribution in [3.8, 4) is 0 Å². The second-order valence-electron chi connectivity index (χ2n) is 3.40. The molecule has 2 nitrogen and oxygen atoms in total. The maximum atomic E-state index is 11.4. The van der Waals surface area contributed by atoms with Crippen LogP contribution in [0.5, 0.6) is 0 Å². The molecule has 13 heavy (non-hydrogen) atoms. The number of hydrogen-bond acceptors (Lipinski definition) is 2. The number of allylic oxidation sites excluding steroid dienone is 1. The van der Waals surface area contributed by atoms with Gasteiger partial charge in [0, 0.05) is 4.91 Å². The van der Waals surface area contributed by atoms with E-state index >= 15 is 0 Å². The number of halogens is 1. The van der Waals surface area contributed by atoms with Crippen molar-refractivity contribution in [1.82, 2.24) is 0 Å². The van der Waals surface area contributed by atoms with E-state index in [4.69, 9.17) is 0 Å². The van der Waals surface area contributed by atoms with E-state index in [2.05, 4.69) is 33.3 Å². The molecular formula is C8H15IO2SZn. The summed E-state index contributed by atoms with van der Waals surface area (Å²) in [5, 5.41) is 0. The third kappa shape index (κ3) is 4.89. The number of sulfone groups is 1. The van der Waals surface area contributed by atoms with Gasteiger partial charge < -0.3 is 6.92 Å². The molecule has 0 heterocycles. The molecule has 0 radical (unpaired) electrons. The fourth-order valence-corrected chi connectivity index (χ4v) is 1.70. The van der Waals surface area contributed by atoms with Crippen LogP contribution in [-0.2, 0) is 24.6 Å². The van der Waals surface area contributed by atoms with Crippen molar-refractivity contribution in [2.75, 3.05) is 0 Å². The van der Waals surface area contributed by atoms with E-state index in [0.29, 0.717) is 0 Å². The minimum absolute atomic E-state index is 0.213. The molecule has 0 aromatic rings. The second-order valence-corrected chi connectivity index (χ2v) is 6.21. The Morgan fingerprint density at radius 2 is 1.77 bits per heavy atom. The van der Waals surface area contributed by atoms with E-state index in [9.17, 15) is 8.42 Å². The molecule has 0 aromatic heterocycles. The first-order valence-corrected chi connectivity index (χ1v) is 14.2. The van der Waals surface area contributed by atoms with E-state index in [1.807, 2.05) is 0 Å². The van der Waals surface area contributed by atoms with Gasteiger partial charge in [-0.05, 0) is 20.8 Å².